The first-order chi connectivity index (χ1) is 9.36. The van der Waals surface area contributed by atoms with Gasteiger partial charge in [0.05, 0.1) is 17.9 Å². The van der Waals surface area contributed by atoms with Gasteiger partial charge in [0.2, 0.25) is 0 Å². The summed E-state index contributed by atoms with van der Waals surface area (Å²) in [6.45, 7) is 0.819. The summed E-state index contributed by atoms with van der Waals surface area (Å²) in [7, 11) is 0. The van der Waals surface area contributed by atoms with E-state index in [0.717, 1.165) is 37.1 Å². The second-order valence-corrected chi connectivity index (χ2v) is 5.67. The number of carbonyl (C=O) groups excluding carboxylic acids is 1. The molecular weight excluding hydrogens is 258 g/mol. The van der Waals surface area contributed by atoms with E-state index >= 15 is 0 Å². The van der Waals surface area contributed by atoms with Crippen LogP contribution in [-0.2, 0) is 0 Å². The summed E-state index contributed by atoms with van der Waals surface area (Å²) in [5, 5.41) is 3.87. The molecule has 1 saturated heterocycles. The first-order valence-corrected chi connectivity index (χ1v) is 7.67. The summed E-state index contributed by atoms with van der Waals surface area (Å²) >= 11 is 1.56. The van der Waals surface area contributed by atoms with Crippen LogP contribution in [0.15, 0.2) is 39.6 Å². The number of furan rings is 1. The molecule has 1 fully saturated rings. The molecule has 0 saturated carbocycles. The van der Waals surface area contributed by atoms with Crippen molar-refractivity contribution in [3.63, 3.8) is 0 Å². The summed E-state index contributed by atoms with van der Waals surface area (Å²) in [6, 6.07) is 5.86. The van der Waals surface area contributed by atoms with Crippen LogP contribution in [0.1, 0.15) is 47.8 Å². The van der Waals surface area contributed by atoms with E-state index in [1.54, 1.807) is 17.6 Å². The van der Waals surface area contributed by atoms with E-state index < -0.39 is 0 Å². The van der Waals surface area contributed by atoms with Gasteiger partial charge in [-0.25, -0.2) is 0 Å². The van der Waals surface area contributed by atoms with Gasteiger partial charge in [0.1, 0.15) is 5.76 Å². The maximum absolute atomic E-state index is 12.6. The first-order valence-electron chi connectivity index (χ1n) is 6.73. The van der Waals surface area contributed by atoms with Crippen LogP contribution >= 0.6 is 11.3 Å². The number of nitrogens with zero attached hydrogens (tertiary/aromatic N) is 1. The second-order valence-electron chi connectivity index (χ2n) is 4.89. The summed E-state index contributed by atoms with van der Waals surface area (Å²) in [6.07, 6.45) is 6.09. The van der Waals surface area contributed by atoms with E-state index in [4.69, 9.17) is 4.42 Å². The number of rotatable bonds is 2. The molecule has 0 aromatic carbocycles. The minimum Gasteiger partial charge on any atom is -0.467 e. The summed E-state index contributed by atoms with van der Waals surface area (Å²) in [5.41, 5.74) is 0.795. The first kappa shape index (κ1) is 12.5. The molecule has 0 aliphatic carbocycles. The molecule has 0 N–H and O–H groups in total. The highest BCUT2D eigenvalue weighted by Gasteiger charge is 2.29. The summed E-state index contributed by atoms with van der Waals surface area (Å²) in [5.74, 6) is 1.04. The van der Waals surface area contributed by atoms with Gasteiger partial charge in [-0.05, 0) is 36.4 Å². The zero-order chi connectivity index (χ0) is 13.1. The van der Waals surface area contributed by atoms with Crippen molar-refractivity contribution in [1.82, 2.24) is 4.90 Å². The molecular formula is C15H17NO2S. The lowest BCUT2D eigenvalue weighted by Crippen LogP contribution is -2.34. The predicted molar refractivity (Wildman–Crippen MR) is 75.3 cm³/mol. The lowest BCUT2D eigenvalue weighted by molar-refractivity contribution is 0.0659. The van der Waals surface area contributed by atoms with Crippen LogP contribution in [0.2, 0.25) is 0 Å². The number of amides is 1. The molecule has 0 radical (unpaired) electrons. The van der Waals surface area contributed by atoms with Gasteiger partial charge < -0.3 is 9.32 Å². The molecule has 4 heteroatoms. The van der Waals surface area contributed by atoms with Crippen molar-refractivity contribution in [3.05, 3.63) is 46.5 Å². The number of hydrogen-bond donors (Lipinski definition) is 0. The monoisotopic (exact) mass is 275 g/mol. The van der Waals surface area contributed by atoms with Crippen LogP contribution in [0, 0.1) is 0 Å². The maximum Gasteiger partial charge on any atom is 0.255 e. The Hall–Kier alpha value is -1.55. The van der Waals surface area contributed by atoms with Gasteiger partial charge >= 0.3 is 0 Å². The van der Waals surface area contributed by atoms with E-state index in [1.807, 2.05) is 33.9 Å². The SMILES string of the molecule is O=C(c1ccsc1)N1CCCCC[C@@H]1c1ccco1. The standard InChI is InChI=1S/C15H17NO2S/c17-15(12-7-10-19-11-12)16-8-3-1-2-5-13(16)14-6-4-9-18-14/h4,6-7,9-11,13H,1-3,5,8H2/t13-/m1/s1. The van der Waals surface area contributed by atoms with E-state index in [2.05, 4.69) is 0 Å². The molecule has 19 heavy (non-hydrogen) atoms. The van der Waals surface area contributed by atoms with Crippen LogP contribution in [0.5, 0.6) is 0 Å². The molecule has 1 aliphatic heterocycles. The fourth-order valence-corrected chi connectivity index (χ4v) is 3.31. The van der Waals surface area contributed by atoms with Crippen molar-refractivity contribution in [2.75, 3.05) is 6.54 Å². The van der Waals surface area contributed by atoms with E-state index in [9.17, 15) is 4.79 Å². The lowest BCUT2D eigenvalue weighted by Gasteiger charge is -2.28. The molecule has 100 valence electrons. The fraction of sp³-hybridized carbons (Fsp3) is 0.400. The van der Waals surface area contributed by atoms with Gasteiger partial charge in [0.15, 0.2) is 0 Å². The Balaban J connectivity index is 1.88. The smallest absolute Gasteiger partial charge is 0.255 e. The third-order valence-electron chi connectivity index (χ3n) is 3.65. The Kier molecular flexibility index (Phi) is 3.69. The van der Waals surface area contributed by atoms with Crippen LogP contribution in [-0.4, -0.2) is 17.4 Å². The highest BCUT2D eigenvalue weighted by molar-refractivity contribution is 7.08. The fourth-order valence-electron chi connectivity index (χ4n) is 2.68. The molecule has 0 spiro atoms. The normalized spacial score (nSPS) is 20.2. The summed E-state index contributed by atoms with van der Waals surface area (Å²) in [4.78, 5) is 14.6. The zero-order valence-electron chi connectivity index (χ0n) is 10.7. The van der Waals surface area contributed by atoms with Crippen molar-refractivity contribution < 1.29 is 9.21 Å². The van der Waals surface area contributed by atoms with Crippen LogP contribution < -0.4 is 0 Å². The van der Waals surface area contributed by atoms with Crippen LogP contribution in [0.4, 0.5) is 0 Å². The average molecular weight is 275 g/mol. The van der Waals surface area contributed by atoms with Crippen LogP contribution in [0.3, 0.4) is 0 Å². The summed E-state index contributed by atoms with van der Waals surface area (Å²) < 4.78 is 5.54. The Morgan fingerprint density at radius 1 is 1.32 bits per heavy atom. The zero-order valence-corrected chi connectivity index (χ0v) is 11.6. The Labute approximate surface area is 116 Å². The van der Waals surface area contributed by atoms with Crippen molar-refractivity contribution in [2.45, 2.75) is 31.7 Å². The van der Waals surface area contributed by atoms with Crippen molar-refractivity contribution in [1.29, 1.82) is 0 Å². The van der Waals surface area contributed by atoms with Crippen molar-refractivity contribution in [2.24, 2.45) is 0 Å². The third kappa shape index (κ3) is 2.59. The quantitative estimate of drug-likeness (QED) is 0.826. The molecule has 3 nitrogen and oxygen atoms in total. The molecule has 1 amide bonds. The Morgan fingerprint density at radius 2 is 2.26 bits per heavy atom. The average Bonchev–Trinajstić information content (AvgIpc) is 3.08. The number of thiophene rings is 1. The van der Waals surface area contributed by atoms with Crippen molar-refractivity contribution in [3.8, 4) is 0 Å². The van der Waals surface area contributed by atoms with Gasteiger partial charge in [0.25, 0.3) is 5.91 Å². The molecule has 2 aromatic heterocycles. The minimum atomic E-state index is 0.0879. The minimum absolute atomic E-state index is 0.0879. The predicted octanol–water partition coefficient (Wildman–Crippen LogP) is 4.10. The molecule has 1 atom stereocenters. The largest absolute Gasteiger partial charge is 0.467 e. The molecule has 3 heterocycles. The number of hydrogen-bond acceptors (Lipinski definition) is 3. The number of likely N-dealkylation sites (tertiary alicyclic amines) is 1. The van der Waals surface area contributed by atoms with Gasteiger partial charge in [-0.15, -0.1) is 0 Å². The highest BCUT2D eigenvalue weighted by atomic mass is 32.1. The van der Waals surface area contributed by atoms with E-state index in [0.29, 0.717) is 0 Å². The third-order valence-corrected chi connectivity index (χ3v) is 4.34. The molecule has 0 unspecified atom stereocenters. The Morgan fingerprint density at radius 3 is 3.00 bits per heavy atom. The van der Waals surface area contributed by atoms with Crippen LogP contribution in [0.25, 0.3) is 0 Å². The van der Waals surface area contributed by atoms with Gasteiger partial charge in [-0.1, -0.05) is 12.8 Å². The number of carbonyl (C=O) groups is 1. The highest BCUT2D eigenvalue weighted by Crippen LogP contribution is 2.31. The van der Waals surface area contributed by atoms with Crippen molar-refractivity contribution >= 4 is 17.2 Å². The Bertz CT molecular complexity index is 518. The topological polar surface area (TPSA) is 33.5 Å². The lowest BCUT2D eigenvalue weighted by atomic mass is 10.1. The van der Waals surface area contributed by atoms with Gasteiger partial charge in [-0.3, -0.25) is 4.79 Å². The van der Waals surface area contributed by atoms with Gasteiger partial charge in [0, 0.05) is 11.9 Å². The molecule has 1 aliphatic rings. The molecule has 0 bridgehead atoms. The maximum atomic E-state index is 12.6. The van der Waals surface area contributed by atoms with E-state index in [1.165, 1.54) is 6.42 Å². The van der Waals surface area contributed by atoms with E-state index in [-0.39, 0.29) is 11.9 Å². The molecule has 3 rings (SSSR count). The molecule has 2 aromatic rings. The van der Waals surface area contributed by atoms with Gasteiger partial charge in [-0.2, -0.15) is 11.3 Å². The second kappa shape index (κ2) is 5.61.